The molecule has 3 rings (SSSR count). The lowest BCUT2D eigenvalue weighted by Crippen LogP contribution is -2.38. The van der Waals surface area contributed by atoms with Crippen molar-refractivity contribution in [3.63, 3.8) is 0 Å². The number of nitrogens with one attached hydrogen (secondary N) is 1. The maximum Gasteiger partial charge on any atom is 0.255 e. The van der Waals surface area contributed by atoms with Gasteiger partial charge >= 0.3 is 0 Å². The van der Waals surface area contributed by atoms with Crippen LogP contribution in [-0.2, 0) is 0 Å². The molecule has 5 heteroatoms. The van der Waals surface area contributed by atoms with E-state index in [-0.39, 0.29) is 0 Å². The lowest BCUT2D eigenvalue weighted by atomic mass is 10.1. The molecule has 21 heavy (non-hydrogen) atoms. The van der Waals surface area contributed by atoms with E-state index in [1.54, 1.807) is 0 Å². The normalized spacial score (nSPS) is 11.0. The van der Waals surface area contributed by atoms with Gasteiger partial charge in [-0.25, -0.2) is 4.68 Å². The molecule has 3 aromatic rings. The molecule has 0 aliphatic heterocycles. The van der Waals surface area contributed by atoms with Gasteiger partial charge < -0.3 is 5.32 Å². The van der Waals surface area contributed by atoms with Gasteiger partial charge in [0, 0.05) is 11.4 Å². The average molecular weight is 281 g/mol. The Bertz CT molecular complexity index is 899. The summed E-state index contributed by atoms with van der Waals surface area (Å²) in [4.78, 5) is 23.7. The van der Waals surface area contributed by atoms with Crippen LogP contribution in [0, 0.1) is 20.8 Å². The number of aromatic nitrogens is 2. The smallest absolute Gasteiger partial charge is 0.255 e. The zero-order chi connectivity index (χ0) is 15.1. The van der Waals surface area contributed by atoms with Gasteiger partial charge in [0.15, 0.2) is 0 Å². The molecule has 1 N–H and O–H groups in total. The predicted molar refractivity (Wildman–Crippen MR) is 82.4 cm³/mol. The second-order valence-corrected chi connectivity index (χ2v) is 5.22. The Morgan fingerprint density at radius 2 is 1.81 bits per heavy atom. The van der Waals surface area contributed by atoms with Gasteiger partial charge in [0.05, 0.1) is 5.69 Å². The van der Waals surface area contributed by atoms with Gasteiger partial charge in [0.1, 0.15) is 11.4 Å². The Morgan fingerprint density at radius 1 is 1.05 bits per heavy atom. The Balaban J connectivity index is 2.06. The van der Waals surface area contributed by atoms with Crippen molar-refractivity contribution in [2.24, 2.45) is 0 Å². The number of rotatable bonds is 3. The Labute approximate surface area is 121 Å². The van der Waals surface area contributed by atoms with E-state index in [1.807, 2.05) is 51.1 Å². The van der Waals surface area contributed by atoms with Crippen molar-refractivity contribution < 1.29 is 0 Å². The number of aryl methyl sites for hydroxylation is 3. The Morgan fingerprint density at radius 3 is 2.43 bits per heavy atom. The highest BCUT2D eigenvalue weighted by Gasteiger charge is 2.24. The standard InChI is InChI=1S/C16H15N3O2/c1-9-5-4-6-12(7-9)17-13-14(16(21)15(13)20)19-11(3)8-10(2)18-19/h4-8,17H,1-3H3. The molecule has 1 heterocycles. The third-order valence-corrected chi connectivity index (χ3v) is 3.39. The molecule has 0 fully saturated rings. The molecule has 0 saturated carbocycles. The van der Waals surface area contributed by atoms with Crippen LogP contribution in [0.1, 0.15) is 17.0 Å². The first kappa shape index (κ1) is 13.3. The summed E-state index contributed by atoms with van der Waals surface area (Å²) in [5, 5.41) is 7.31. The largest absolute Gasteiger partial charge is 0.350 e. The number of benzene rings is 1. The summed E-state index contributed by atoms with van der Waals surface area (Å²) in [5.74, 6) is 0. The van der Waals surface area contributed by atoms with E-state index < -0.39 is 10.9 Å². The molecule has 0 unspecified atom stereocenters. The molecule has 0 atom stereocenters. The highest BCUT2D eigenvalue weighted by Crippen LogP contribution is 2.21. The van der Waals surface area contributed by atoms with Gasteiger partial charge in [-0.2, -0.15) is 5.10 Å². The van der Waals surface area contributed by atoms with Crippen molar-refractivity contribution in [1.82, 2.24) is 9.78 Å². The zero-order valence-corrected chi connectivity index (χ0v) is 12.1. The highest BCUT2D eigenvalue weighted by molar-refractivity contribution is 5.73. The van der Waals surface area contributed by atoms with Crippen molar-refractivity contribution in [2.45, 2.75) is 20.8 Å². The lowest BCUT2D eigenvalue weighted by Gasteiger charge is -2.14. The van der Waals surface area contributed by atoms with Crippen LogP contribution in [0.5, 0.6) is 0 Å². The molecule has 0 saturated heterocycles. The number of anilines is 2. The molecule has 0 spiro atoms. The van der Waals surface area contributed by atoms with Crippen LogP contribution in [0.2, 0.25) is 0 Å². The minimum absolute atomic E-state index is 0.303. The van der Waals surface area contributed by atoms with Crippen LogP contribution in [0.15, 0.2) is 39.9 Å². The van der Waals surface area contributed by atoms with Crippen molar-refractivity contribution in [3.05, 3.63) is 67.7 Å². The molecular weight excluding hydrogens is 266 g/mol. The van der Waals surface area contributed by atoms with Crippen molar-refractivity contribution in [3.8, 4) is 5.69 Å². The van der Waals surface area contributed by atoms with Gasteiger partial charge in [0.25, 0.3) is 10.9 Å². The van der Waals surface area contributed by atoms with Gasteiger partial charge in [-0.15, -0.1) is 0 Å². The van der Waals surface area contributed by atoms with Crippen LogP contribution < -0.4 is 16.2 Å². The second-order valence-electron chi connectivity index (χ2n) is 5.22. The number of hydrogen-bond acceptors (Lipinski definition) is 4. The summed E-state index contributed by atoms with van der Waals surface area (Å²) in [5.41, 5.74) is 3.10. The van der Waals surface area contributed by atoms with Crippen molar-refractivity contribution in [1.29, 1.82) is 0 Å². The summed E-state index contributed by atoms with van der Waals surface area (Å²) in [6, 6.07) is 9.51. The van der Waals surface area contributed by atoms with Crippen LogP contribution in [0.25, 0.3) is 5.69 Å². The summed E-state index contributed by atoms with van der Waals surface area (Å²) in [6.45, 7) is 5.67. The van der Waals surface area contributed by atoms with Gasteiger partial charge in [-0.05, 0) is 44.5 Å². The fraction of sp³-hybridized carbons (Fsp3) is 0.188. The first-order chi connectivity index (χ1) is 9.97. The van der Waals surface area contributed by atoms with Crippen LogP contribution >= 0.6 is 0 Å². The minimum Gasteiger partial charge on any atom is -0.350 e. The monoisotopic (exact) mass is 281 g/mol. The molecule has 5 nitrogen and oxygen atoms in total. The Kier molecular flexibility index (Phi) is 2.97. The quantitative estimate of drug-likeness (QED) is 0.747. The van der Waals surface area contributed by atoms with Gasteiger partial charge in [0.2, 0.25) is 0 Å². The SMILES string of the molecule is Cc1cccc(Nc2c(-n3nc(C)cc3C)c(=O)c2=O)c1. The third-order valence-electron chi connectivity index (χ3n) is 3.39. The van der Waals surface area contributed by atoms with E-state index in [2.05, 4.69) is 10.4 Å². The van der Waals surface area contributed by atoms with E-state index in [0.717, 1.165) is 22.6 Å². The maximum atomic E-state index is 11.9. The maximum absolute atomic E-state index is 11.9. The van der Waals surface area contributed by atoms with E-state index in [1.165, 1.54) is 4.68 Å². The van der Waals surface area contributed by atoms with Gasteiger partial charge in [-0.3, -0.25) is 9.59 Å². The van der Waals surface area contributed by atoms with Crippen molar-refractivity contribution in [2.75, 3.05) is 5.32 Å². The first-order valence-corrected chi connectivity index (χ1v) is 6.68. The topological polar surface area (TPSA) is 64.0 Å². The molecule has 0 aliphatic carbocycles. The fourth-order valence-corrected chi connectivity index (χ4v) is 2.42. The first-order valence-electron chi connectivity index (χ1n) is 6.68. The second kappa shape index (κ2) is 4.70. The summed E-state index contributed by atoms with van der Waals surface area (Å²) >= 11 is 0. The summed E-state index contributed by atoms with van der Waals surface area (Å²) in [7, 11) is 0. The van der Waals surface area contributed by atoms with Crippen LogP contribution in [-0.4, -0.2) is 9.78 Å². The molecule has 2 aromatic carbocycles. The predicted octanol–water partition coefficient (Wildman–Crippen LogP) is 2.14. The summed E-state index contributed by atoms with van der Waals surface area (Å²) < 4.78 is 1.52. The number of nitrogens with zero attached hydrogens (tertiary/aromatic N) is 2. The molecule has 1 aromatic heterocycles. The molecule has 0 aliphatic rings. The number of hydrogen-bond donors (Lipinski definition) is 1. The molecule has 0 radical (unpaired) electrons. The summed E-state index contributed by atoms with van der Waals surface area (Å²) in [6.07, 6.45) is 0. The van der Waals surface area contributed by atoms with Crippen LogP contribution in [0.3, 0.4) is 0 Å². The molecule has 0 amide bonds. The molecule has 0 bridgehead atoms. The van der Waals surface area contributed by atoms with Crippen LogP contribution in [0.4, 0.5) is 11.4 Å². The highest BCUT2D eigenvalue weighted by atomic mass is 16.2. The lowest BCUT2D eigenvalue weighted by molar-refractivity contribution is 0.820. The molecular formula is C16H15N3O2. The Hall–Kier alpha value is -2.69. The van der Waals surface area contributed by atoms with E-state index in [0.29, 0.717) is 11.4 Å². The minimum atomic E-state index is -0.503. The van der Waals surface area contributed by atoms with E-state index in [4.69, 9.17) is 0 Å². The molecule has 106 valence electrons. The van der Waals surface area contributed by atoms with E-state index in [9.17, 15) is 9.59 Å². The zero-order valence-electron chi connectivity index (χ0n) is 12.1. The van der Waals surface area contributed by atoms with Gasteiger partial charge in [-0.1, -0.05) is 12.1 Å². The third kappa shape index (κ3) is 2.16. The van der Waals surface area contributed by atoms with Crippen molar-refractivity contribution >= 4 is 11.4 Å². The fourth-order valence-electron chi connectivity index (χ4n) is 2.42. The van der Waals surface area contributed by atoms with E-state index >= 15 is 0 Å². The average Bonchev–Trinajstić information content (AvgIpc) is 2.76.